The molecule has 3 rings (SSSR count). The van der Waals surface area contributed by atoms with Gasteiger partial charge < -0.3 is 15.4 Å². The Bertz CT molecular complexity index is 1010. The van der Waals surface area contributed by atoms with Crippen LogP contribution in [0.15, 0.2) is 30.3 Å². The Kier molecular flexibility index (Phi) is 7.46. The molecule has 9 heteroatoms. The Morgan fingerprint density at radius 1 is 1.26 bits per heavy atom. The fourth-order valence-corrected chi connectivity index (χ4v) is 3.72. The average Bonchev–Trinajstić information content (AvgIpc) is 3.33. The molecule has 0 aliphatic heterocycles. The molecular weight excluding hydrogens is 420 g/mol. The number of benzene rings is 1. The lowest BCUT2D eigenvalue weighted by atomic mass is 10.1. The fourth-order valence-electron chi connectivity index (χ4n) is 3.48. The summed E-state index contributed by atoms with van der Waals surface area (Å²) in [5.41, 5.74) is 2.01. The Labute approximate surface area is 185 Å². The van der Waals surface area contributed by atoms with Gasteiger partial charge in [0.05, 0.1) is 16.9 Å². The minimum absolute atomic E-state index is 0.168. The predicted octanol–water partition coefficient (Wildman–Crippen LogP) is 3.25. The van der Waals surface area contributed by atoms with E-state index in [4.69, 9.17) is 16.3 Å². The van der Waals surface area contributed by atoms with Gasteiger partial charge in [-0.25, -0.2) is 4.79 Å². The number of hydrogen-bond acceptors (Lipinski definition) is 5. The number of rotatable bonds is 7. The lowest BCUT2D eigenvalue weighted by Crippen LogP contribution is -2.33. The molecule has 2 N–H and O–H groups in total. The number of aromatic nitrogens is 2. The highest BCUT2D eigenvalue weighted by Gasteiger charge is 2.20. The third-order valence-electron chi connectivity index (χ3n) is 5.06. The summed E-state index contributed by atoms with van der Waals surface area (Å²) in [7, 11) is 1.70. The lowest BCUT2D eigenvalue weighted by Gasteiger charge is -2.15. The van der Waals surface area contributed by atoms with E-state index in [0.717, 1.165) is 25.7 Å². The molecule has 1 aromatic heterocycles. The first kappa shape index (κ1) is 22.6. The Hall–Kier alpha value is -3.13. The number of aryl methyl sites for hydroxylation is 2. The van der Waals surface area contributed by atoms with Gasteiger partial charge in [0.1, 0.15) is 5.15 Å². The van der Waals surface area contributed by atoms with Crippen LogP contribution in [0, 0.1) is 6.92 Å². The second kappa shape index (κ2) is 10.3. The van der Waals surface area contributed by atoms with Crippen molar-refractivity contribution in [3.63, 3.8) is 0 Å². The number of nitrogens with one attached hydrogen (secondary N) is 2. The zero-order valence-electron chi connectivity index (χ0n) is 17.5. The van der Waals surface area contributed by atoms with E-state index in [1.807, 2.05) is 0 Å². The summed E-state index contributed by atoms with van der Waals surface area (Å²) in [6.45, 7) is 1.28. The monoisotopic (exact) mass is 444 g/mol. The maximum Gasteiger partial charge on any atom is 0.331 e. The van der Waals surface area contributed by atoms with Gasteiger partial charge in [-0.15, -0.1) is 0 Å². The zero-order chi connectivity index (χ0) is 22.4. The number of para-hydroxylation sites is 1. The first-order valence-electron chi connectivity index (χ1n) is 10.1. The normalized spacial score (nSPS) is 14.0. The second-order valence-electron chi connectivity index (χ2n) is 7.40. The van der Waals surface area contributed by atoms with E-state index in [0.29, 0.717) is 27.7 Å². The van der Waals surface area contributed by atoms with Crippen molar-refractivity contribution in [3.8, 4) is 0 Å². The van der Waals surface area contributed by atoms with Crippen LogP contribution in [-0.2, 0) is 21.4 Å². The van der Waals surface area contributed by atoms with Gasteiger partial charge in [0.15, 0.2) is 6.61 Å². The van der Waals surface area contributed by atoms with Crippen LogP contribution in [0.4, 0.5) is 5.69 Å². The summed E-state index contributed by atoms with van der Waals surface area (Å²) < 4.78 is 6.48. The third kappa shape index (κ3) is 5.95. The molecule has 0 radical (unpaired) electrons. The maximum atomic E-state index is 12.6. The van der Waals surface area contributed by atoms with Gasteiger partial charge in [-0.05, 0) is 38.0 Å². The summed E-state index contributed by atoms with van der Waals surface area (Å²) in [5.74, 6) is -1.47. The highest BCUT2D eigenvalue weighted by atomic mass is 35.5. The highest BCUT2D eigenvalue weighted by Crippen LogP contribution is 2.21. The molecule has 0 unspecified atom stereocenters. The molecule has 2 aromatic rings. The number of hydrogen-bond donors (Lipinski definition) is 2. The summed E-state index contributed by atoms with van der Waals surface area (Å²) in [5, 5.41) is 10.2. The van der Waals surface area contributed by atoms with Crippen molar-refractivity contribution in [1.29, 1.82) is 0 Å². The van der Waals surface area contributed by atoms with Gasteiger partial charge in [-0.3, -0.25) is 14.3 Å². The molecule has 1 aromatic carbocycles. The van der Waals surface area contributed by atoms with Crippen molar-refractivity contribution in [2.24, 2.45) is 7.05 Å². The largest absolute Gasteiger partial charge is 0.452 e. The van der Waals surface area contributed by atoms with E-state index in [2.05, 4.69) is 15.7 Å². The van der Waals surface area contributed by atoms with Crippen LogP contribution < -0.4 is 10.6 Å². The number of esters is 1. The van der Waals surface area contributed by atoms with Crippen LogP contribution in [-0.4, -0.2) is 40.2 Å². The van der Waals surface area contributed by atoms with Crippen molar-refractivity contribution in [1.82, 2.24) is 15.1 Å². The fraction of sp³-hybridized carbons (Fsp3) is 0.364. The van der Waals surface area contributed by atoms with Crippen molar-refractivity contribution < 1.29 is 19.1 Å². The van der Waals surface area contributed by atoms with Crippen molar-refractivity contribution >= 4 is 41.1 Å². The molecule has 1 fully saturated rings. The summed E-state index contributed by atoms with van der Waals surface area (Å²) >= 11 is 6.11. The SMILES string of the molecule is Cc1nn(C)c(Cl)c1/C=C/C(=O)OCC(=O)Nc1ccccc1C(=O)NC1CCCC1. The molecular formula is C22H25ClN4O4. The molecule has 1 aliphatic carbocycles. The summed E-state index contributed by atoms with van der Waals surface area (Å²) in [4.78, 5) is 36.8. The maximum absolute atomic E-state index is 12.6. The van der Waals surface area contributed by atoms with Gasteiger partial charge in [-0.1, -0.05) is 36.6 Å². The van der Waals surface area contributed by atoms with Crippen LogP contribution in [0.1, 0.15) is 47.3 Å². The number of nitrogens with zero attached hydrogens (tertiary/aromatic N) is 2. The molecule has 164 valence electrons. The number of ether oxygens (including phenoxy) is 1. The number of carbonyl (C=O) groups is 3. The molecule has 31 heavy (non-hydrogen) atoms. The zero-order valence-corrected chi connectivity index (χ0v) is 18.2. The first-order chi connectivity index (χ1) is 14.8. The van der Waals surface area contributed by atoms with Crippen LogP contribution in [0.2, 0.25) is 5.15 Å². The first-order valence-corrected chi connectivity index (χ1v) is 10.5. The van der Waals surface area contributed by atoms with Gasteiger partial charge in [0.2, 0.25) is 0 Å². The molecule has 0 bridgehead atoms. The lowest BCUT2D eigenvalue weighted by molar-refractivity contribution is -0.142. The average molecular weight is 445 g/mol. The molecule has 1 saturated carbocycles. The van der Waals surface area contributed by atoms with E-state index in [9.17, 15) is 14.4 Å². The molecule has 8 nitrogen and oxygen atoms in total. The van der Waals surface area contributed by atoms with Gasteiger partial charge in [0.25, 0.3) is 11.8 Å². The third-order valence-corrected chi connectivity index (χ3v) is 5.51. The van der Waals surface area contributed by atoms with Crippen molar-refractivity contribution in [2.75, 3.05) is 11.9 Å². The van der Waals surface area contributed by atoms with Crippen LogP contribution in [0.5, 0.6) is 0 Å². The number of halogens is 1. The molecule has 0 saturated heterocycles. The molecule has 1 aliphatic rings. The number of carbonyl (C=O) groups excluding carboxylic acids is 3. The second-order valence-corrected chi connectivity index (χ2v) is 7.76. The minimum Gasteiger partial charge on any atom is -0.452 e. The quantitative estimate of drug-likeness (QED) is 0.504. The minimum atomic E-state index is -0.693. The molecule has 2 amide bonds. The van der Waals surface area contributed by atoms with Crippen LogP contribution in [0.25, 0.3) is 6.08 Å². The van der Waals surface area contributed by atoms with E-state index < -0.39 is 18.5 Å². The summed E-state index contributed by atoms with van der Waals surface area (Å²) in [6, 6.07) is 6.90. The van der Waals surface area contributed by atoms with Gasteiger partial charge in [-0.2, -0.15) is 5.10 Å². The van der Waals surface area contributed by atoms with E-state index in [1.54, 1.807) is 38.2 Å². The van der Waals surface area contributed by atoms with Crippen molar-refractivity contribution in [3.05, 3.63) is 52.3 Å². The summed E-state index contributed by atoms with van der Waals surface area (Å²) in [6.07, 6.45) is 6.83. The van der Waals surface area contributed by atoms with Crippen LogP contribution in [0.3, 0.4) is 0 Å². The predicted molar refractivity (Wildman–Crippen MR) is 118 cm³/mol. The van der Waals surface area contributed by atoms with Crippen molar-refractivity contribution in [2.45, 2.75) is 38.6 Å². The van der Waals surface area contributed by atoms with E-state index >= 15 is 0 Å². The molecule has 1 heterocycles. The van der Waals surface area contributed by atoms with Gasteiger partial charge >= 0.3 is 5.97 Å². The Morgan fingerprint density at radius 2 is 1.97 bits per heavy atom. The smallest absolute Gasteiger partial charge is 0.331 e. The Balaban J connectivity index is 1.54. The van der Waals surface area contributed by atoms with E-state index in [1.165, 1.54) is 16.8 Å². The van der Waals surface area contributed by atoms with Gasteiger partial charge in [0, 0.05) is 24.7 Å². The standard InChI is InChI=1S/C22H25ClN4O4/c1-14-16(21(23)27(2)26-14)11-12-20(29)31-13-19(28)25-18-10-6-5-9-17(18)22(30)24-15-7-3-4-8-15/h5-6,9-12,15H,3-4,7-8,13H2,1-2H3,(H,24,30)(H,25,28)/b12-11+. The molecule has 0 spiro atoms. The molecule has 0 atom stereocenters. The number of anilines is 1. The number of amides is 2. The Morgan fingerprint density at radius 3 is 2.65 bits per heavy atom. The highest BCUT2D eigenvalue weighted by molar-refractivity contribution is 6.31. The van der Waals surface area contributed by atoms with E-state index in [-0.39, 0.29) is 11.9 Å². The topological polar surface area (TPSA) is 102 Å². The van der Waals surface area contributed by atoms with Crippen LogP contribution >= 0.6 is 11.6 Å².